The van der Waals surface area contributed by atoms with Crippen molar-refractivity contribution < 1.29 is 4.74 Å². The molecule has 1 aliphatic heterocycles. The van der Waals surface area contributed by atoms with Crippen LogP contribution in [0.3, 0.4) is 0 Å². The lowest BCUT2D eigenvalue weighted by atomic mass is 9.87. The van der Waals surface area contributed by atoms with Crippen LogP contribution in [0.25, 0.3) is 0 Å². The standard InChI is InChI=1S/C18H29NOS/c1-5-12-19-16(10-11-18(2,3)20-4)15-13-21-17-9-7-6-8-14(15)17/h6-9,15-16,19H,5,10-13H2,1-4H3. The van der Waals surface area contributed by atoms with E-state index in [0.717, 1.165) is 13.0 Å². The van der Waals surface area contributed by atoms with Gasteiger partial charge in [-0.25, -0.2) is 0 Å². The molecule has 3 heteroatoms. The Kier molecular flexibility index (Phi) is 6.15. The highest BCUT2D eigenvalue weighted by atomic mass is 32.2. The molecule has 0 radical (unpaired) electrons. The lowest BCUT2D eigenvalue weighted by Crippen LogP contribution is -2.37. The first-order chi connectivity index (χ1) is 10.1. The molecule has 2 unspecified atom stereocenters. The molecule has 0 amide bonds. The minimum Gasteiger partial charge on any atom is -0.379 e. The van der Waals surface area contributed by atoms with Crippen LogP contribution in [0, 0.1) is 0 Å². The van der Waals surface area contributed by atoms with E-state index in [4.69, 9.17) is 4.74 Å². The molecule has 2 rings (SSSR count). The zero-order valence-corrected chi connectivity index (χ0v) is 14.6. The van der Waals surface area contributed by atoms with E-state index >= 15 is 0 Å². The Morgan fingerprint density at radius 3 is 2.86 bits per heavy atom. The van der Waals surface area contributed by atoms with Crippen molar-refractivity contribution in [3.8, 4) is 0 Å². The molecule has 1 N–H and O–H groups in total. The van der Waals surface area contributed by atoms with Gasteiger partial charge in [0.25, 0.3) is 0 Å². The van der Waals surface area contributed by atoms with E-state index in [2.05, 4.69) is 50.4 Å². The fraction of sp³-hybridized carbons (Fsp3) is 0.667. The molecule has 2 nitrogen and oxygen atoms in total. The quantitative estimate of drug-likeness (QED) is 0.766. The minimum atomic E-state index is -0.0303. The van der Waals surface area contributed by atoms with E-state index in [0.29, 0.717) is 12.0 Å². The summed E-state index contributed by atoms with van der Waals surface area (Å²) in [5.41, 5.74) is 1.50. The second kappa shape index (κ2) is 7.66. The Labute approximate surface area is 134 Å². The maximum atomic E-state index is 5.59. The Bertz CT molecular complexity index is 447. The predicted octanol–water partition coefficient (Wildman–Crippen LogP) is 4.45. The summed E-state index contributed by atoms with van der Waals surface area (Å²) >= 11 is 2.01. The Morgan fingerprint density at radius 1 is 1.38 bits per heavy atom. The Balaban J connectivity index is 2.06. The van der Waals surface area contributed by atoms with Crippen LogP contribution in [0.2, 0.25) is 0 Å². The van der Waals surface area contributed by atoms with E-state index in [1.807, 2.05) is 18.9 Å². The van der Waals surface area contributed by atoms with Crippen molar-refractivity contribution in [2.75, 3.05) is 19.4 Å². The molecular formula is C18H29NOS. The zero-order chi connectivity index (χ0) is 15.3. The smallest absolute Gasteiger partial charge is 0.0623 e. The molecule has 0 bridgehead atoms. The highest BCUT2D eigenvalue weighted by Crippen LogP contribution is 2.42. The van der Waals surface area contributed by atoms with E-state index in [1.165, 1.54) is 29.1 Å². The van der Waals surface area contributed by atoms with Gasteiger partial charge in [-0.3, -0.25) is 0 Å². The van der Waals surface area contributed by atoms with E-state index < -0.39 is 0 Å². The molecule has 0 saturated heterocycles. The average molecular weight is 308 g/mol. The van der Waals surface area contributed by atoms with Crippen LogP contribution in [0.5, 0.6) is 0 Å². The minimum absolute atomic E-state index is 0.0303. The van der Waals surface area contributed by atoms with E-state index in [-0.39, 0.29) is 5.60 Å². The first-order valence-electron chi connectivity index (χ1n) is 8.07. The van der Waals surface area contributed by atoms with Gasteiger partial charge in [0.2, 0.25) is 0 Å². The van der Waals surface area contributed by atoms with Crippen LogP contribution in [0.4, 0.5) is 0 Å². The molecule has 1 aliphatic rings. The number of thioether (sulfide) groups is 1. The summed E-state index contributed by atoms with van der Waals surface area (Å²) < 4.78 is 5.59. The second-order valence-corrected chi connectivity index (χ2v) is 7.58. The van der Waals surface area contributed by atoms with Crippen LogP contribution in [0.1, 0.15) is 51.5 Å². The van der Waals surface area contributed by atoms with Crippen LogP contribution < -0.4 is 5.32 Å². The van der Waals surface area contributed by atoms with Gasteiger partial charge in [-0.1, -0.05) is 25.1 Å². The van der Waals surface area contributed by atoms with Crippen LogP contribution in [0.15, 0.2) is 29.2 Å². The van der Waals surface area contributed by atoms with Crippen molar-refractivity contribution in [3.05, 3.63) is 29.8 Å². The predicted molar refractivity (Wildman–Crippen MR) is 92.3 cm³/mol. The molecule has 2 atom stereocenters. The summed E-state index contributed by atoms with van der Waals surface area (Å²) in [6, 6.07) is 9.44. The van der Waals surface area contributed by atoms with E-state index in [9.17, 15) is 0 Å². The number of hydrogen-bond donors (Lipinski definition) is 1. The van der Waals surface area contributed by atoms with Gasteiger partial charge in [-0.05, 0) is 51.3 Å². The molecule has 1 heterocycles. The Hall–Kier alpha value is -0.510. The molecule has 1 aromatic carbocycles. The van der Waals surface area contributed by atoms with Gasteiger partial charge < -0.3 is 10.1 Å². The van der Waals surface area contributed by atoms with Gasteiger partial charge in [0.1, 0.15) is 0 Å². The topological polar surface area (TPSA) is 21.3 Å². The third-order valence-corrected chi connectivity index (χ3v) is 5.70. The number of ether oxygens (including phenoxy) is 1. The molecule has 118 valence electrons. The number of hydrogen-bond acceptors (Lipinski definition) is 3. The lowest BCUT2D eigenvalue weighted by Gasteiger charge is -2.30. The molecule has 0 spiro atoms. The highest BCUT2D eigenvalue weighted by Gasteiger charge is 2.31. The molecule has 0 saturated carbocycles. The summed E-state index contributed by atoms with van der Waals surface area (Å²) in [7, 11) is 1.81. The molecular weight excluding hydrogens is 278 g/mol. The lowest BCUT2D eigenvalue weighted by molar-refractivity contribution is 0.0112. The van der Waals surface area contributed by atoms with Crippen molar-refractivity contribution in [2.45, 2.75) is 62.5 Å². The molecule has 21 heavy (non-hydrogen) atoms. The van der Waals surface area contributed by atoms with Crippen LogP contribution in [-0.4, -0.2) is 31.1 Å². The third-order valence-electron chi connectivity index (χ3n) is 4.49. The SMILES string of the molecule is CCCNC(CCC(C)(C)OC)C1CSc2ccccc21. The van der Waals surface area contributed by atoms with Crippen LogP contribution in [-0.2, 0) is 4.74 Å². The maximum Gasteiger partial charge on any atom is 0.0623 e. The monoisotopic (exact) mass is 307 g/mol. The zero-order valence-electron chi connectivity index (χ0n) is 13.8. The van der Waals surface area contributed by atoms with Crippen molar-refractivity contribution >= 4 is 11.8 Å². The summed E-state index contributed by atoms with van der Waals surface area (Å²) in [6.45, 7) is 7.70. The van der Waals surface area contributed by atoms with Crippen molar-refractivity contribution in [1.82, 2.24) is 5.32 Å². The van der Waals surface area contributed by atoms with Crippen molar-refractivity contribution in [1.29, 1.82) is 0 Å². The number of benzene rings is 1. The summed E-state index contributed by atoms with van der Waals surface area (Å²) in [5.74, 6) is 1.83. The Morgan fingerprint density at radius 2 is 2.14 bits per heavy atom. The summed E-state index contributed by atoms with van der Waals surface area (Å²) in [5, 5.41) is 3.78. The van der Waals surface area contributed by atoms with Gasteiger partial charge in [-0.2, -0.15) is 0 Å². The fourth-order valence-electron chi connectivity index (χ4n) is 2.90. The molecule has 0 aromatic heterocycles. The number of fused-ring (bicyclic) bond motifs is 1. The van der Waals surface area contributed by atoms with Gasteiger partial charge >= 0.3 is 0 Å². The third kappa shape index (κ3) is 4.48. The first-order valence-corrected chi connectivity index (χ1v) is 9.06. The maximum absolute atomic E-state index is 5.59. The molecule has 1 aromatic rings. The van der Waals surface area contributed by atoms with E-state index in [1.54, 1.807) is 0 Å². The van der Waals surface area contributed by atoms with Crippen LogP contribution >= 0.6 is 11.8 Å². The first kappa shape index (κ1) is 16.9. The summed E-state index contributed by atoms with van der Waals surface area (Å²) in [4.78, 5) is 1.47. The van der Waals surface area contributed by atoms with Gasteiger partial charge in [0.05, 0.1) is 5.60 Å². The normalized spacial score (nSPS) is 19.5. The molecule has 0 aliphatic carbocycles. The number of methoxy groups -OCH3 is 1. The fourth-order valence-corrected chi connectivity index (χ4v) is 4.23. The number of rotatable bonds is 8. The largest absolute Gasteiger partial charge is 0.379 e. The summed E-state index contributed by atoms with van der Waals surface area (Å²) in [6.07, 6.45) is 3.44. The van der Waals surface area contributed by atoms with Crippen molar-refractivity contribution in [2.24, 2.45) is 0 Å². The molecule has 0 fully saturated rings. The van der Waals surface area contributed by atoms with Gasteiger partial charge in [0.15, 0.2) is 0 Å². The highest BCUT2D eigenvalue weighted by molar-refractivity contribution is 7.99. The van der Waals surface area contributed by atoms with Gasteiger partial charge in [0, 0.05) is 29.7 Å². The number of nitrogens with one attached hydrogen (secondary N) is 1. The second-order valence-electron chi connectivity index (χ2n) is 6.52. The van der Waals surface area contributed by atoms with Gasteiger partial charge in [-0.15, -0.1) is 11.8 Å². The average Bonchev–Trinajstić information content (AvgIpc) is 2.91. The van der Waals surface area contributed by atoms with Crippen molar-refractivity contribution in [3.63, 3.8) is 0 Å².